The van der Waals surface area contributed by atoms with E-state index in [9.17, 15) is 0 Å². The Hall–Kier alpha value is -5.75. The molecule has 0 amide bonds. The van der Waals surface area contributed by atoms with Crippen LogP contribution in [0.15, 0.2) is 152 Å². The molecule has 0 atom stereocenters. The molecule has 0 aliphatic carbocycles. The number of thiophene rings is 2. The highest BCUT2D eigenvalue weighted by molar-refractivity contribution is 7.27. The molecule has 7 aromatic carbocycles. The maximum Gasteiger partial charge on any atom is 0.165 e. The molecule has 3 nitrogen and oxygen atoms in total. The Balaban J connectivity index is 1.25. The number of hydrogen-bond donors (Lipinski definition) is 0. The zero-order chi connectivity index (χ0) is 31.6. The molecule has 0 saturated heterocycles. The van der Waals surface area contributed by atoms with Crippen LogP contribution in [0.4, 0.5) is 0 Å². The average Bonchev–Trinajstić information content (AvgIpc) is 3.75. The van der Waals surface area contributed by atoms with Crippen LogP contribution in [0, 0.1) is 0 Å². The maximum atomic E-state index is 5.09. The smallest absolute Gasteiger partial charge is 0.165 e. The van der Waals surface area contributed by atoms with Crippen molar-refractivity contribution in [3.63, 3.8) is 0 Å². The lowest BCUT2D eigenvalue weighted by molar-refractivity contribution is 1.08. The minimum Gasteiger partial charge on any atom is -0.208 e. The van der Waals surface area contributed by atoms with E-state index in [1.165, 1.54) is 62.2 Å². The summed E-state index contributed by atoms with van der Waals surface area (Å²) in [5.41, 5.74) is 5.48. The van der Waals surface area contributed by atoms with E-state index in [1.54, 1.807) is 0 Å². The summed E-state index contributed by atoms with van der Waals surface area (Å²) in [7, 11) is 0. The number of aromatic nitrogens is 3. The summed E-state index contributed by atoms with van der Waals surface area (Å²) in [4.78, 5) is 15.1. The first-order chi connectivity index (χ1) is 23.8. The molecule has 0 aliphatic heterocycles. The van der Waals surface area contributed by atoms with E-state index in [4.69, 9.17) is 15.0 Å². The second-order valence-electron chi connectivity index (χ2n) is 12.0. The highest BCUT2D eigenvalue weighted by atomic mass is 32.1. The summed E-state index contributed by atoms with van der Waals surface area (Å²) in [6, 6.07) is 53.6. The van der Waals surface area contributed by atoms with E-state index in [2.05, 4.69) is 115 Å². The number of hydrogen-bond acceptors (Lipinski definition) is 5. The molecule has 0 fully saturated rings. The molecular weight excluding hydrogens is 623 g/mol. The van der Waals surface area contributed by atoms with Crippen molar-refractivity contribution in [3.8, 4) is 45.3 Å². The predicted molar refractivity (Wildman–Crippen MR) is 205 cm³/mol. The zero-order valence-corrected chi connectivity index (χ0v) is 27.2. The van der Waals surface area contributed by atoms with Crippen molar-refractivity contribution < 1.29 is 0 Å². The first kappa shape index (κ1) is 27.4. The lowest BCUT2D eigenvalue weighted by Gasteiger charge is -2.10. The molecule has 10 rings (SSSR count). The molecule has 0 bridgehead atoms. The normalized spacial score (nSPS) is 11.8. The monoisotopic (exact) mass is 647 g/mol. The third-order valence-electron chi connectivity index (χ3n) is 9.12. The third-order valence-corrected chi connectivity index (χ3v) is 11.6. The van der Waals surface area contributed by atoms with Crippen LogP contribution in [0.25, 0.3) is 96.4 Å². The second-order valence-corrected chi connectivity index (χ2v) is 14.0. The standard InChI is InChI=1S/C43H25N3S2/c1-3-13-26(14-4-1)41-44-42(27-15-5-2-6-16-27)46-43(45-41)34-23-12-21-31-30-20-11-22-32(38(30)48-39(31)34)35-25-28-17-7-8-18-29(28)40-37(35)33-19-9-10-24-36(33)47-40/h1-25H. The molecule has 48 heavy (non-hydrogen) atoms. The first-order valence-corrected chi connectivity index (χ1v) is 17.6. The minimum absolute atomic E-state index is 0.668. The van der Waals surface area contributed by atoms with Gasteiger partial charge in [0.2, 0.25) is 0 Å². The van der Waals surface area contributed by atoms with Gasteiger partial charge in [0, 0.05) is 62.6 Å². The average molecular weight is 648 g/mol. The quantitative estimate of drug-likeness (QED) is 0.191. The van der Waals surface area contributed by atoms with Crippen LogP contribution in [0.5, 0.6) is 0 Å². The summed E-state index contributed by atoms with van der Waals surface area (Å²) < 4.78 is 5.10. The van der Waals surface area contributed by atoms with Crippen molar-refractivity contribution in [2.75, 3.05) is 0 Å². The van der Waals surface area contributed by atoms with Gasteiger partial charge in [0.25, 0.3) is 0 Å². The predicted octanol–water partition coefficient (Wildman–Crippen LogP) is 12.4. The number of rotatable bonds is 4. The molecule has 0 spiro atoms. The van der Waals surface area contributed by atoms with Crippen molar-refractivity contribution in [2.45, 2.75) is 0 Å². The van der Waals surface area contributed by atoms with E-state index in [0.29, 0.717) is 17.5 Å². The van der Waals surface area contributed by atoms with Crippen molar-refractivity contribution in [1.82, 2.24) is 15.0 Å². The minimum atomic E-state index is 0.668. The van der Waals surface area contributed by atoms with Crippen molar-refractivity contribution in [3.05, 3.63) is 152 Å². The van der Waals surface area contributed by atoms with Gasteiger partial charge in [-0.25, -0.2) is 15.0 Å². The van der Waals surface area contributed by atoms with Gasteiger partial charge in [0.05, 0.1) is 0 Å². The van der Waals surface area contributed by atoms with Gasteiger partial charge in [-0.05, 0) is 34.5 Å². The molecule has 0 saturated carbocycles. The van der Waals surface area contributed by atoms with Crippen LogP contribution >= 0.6 is 22.7 Å². The van der Waals surface area contributed by atoms with Crippen LogP contribution in [-0.4, -0.2) is 15.0 Å². The van der Waals surface area contributed by atoms with E-state index in [1.807, 2.05) is 59.1 Å². The molecule has 5 heteroatoms. The molecular formula is C43H25N3S2. The highest BCUT2D eigenvalue weighted by Crippen LogP contribution is 2.48. The van der Waals surface area contributed by atoms with Gasteiger partial charge in [-0.2, -0.15) is 0 Å². The SMILES string of the molecule is c1ccc(-c2nc(-c3ccccc3)nc(-c3cccc4c3sc3c(-c5cc6ccccc6c6sc7ccccc7c56)cccc34)n2)cc1. The summed E-state index contributed by atoms with van der Waals surface area (Å²) >= 11 is 3.72. The molecule has 0 unspecified atom stereocenters. The van der Waals surface area contributed by atoms with Gasteiger partial charge in [0.1, 0.15) is 0 Å². The Morgan fingerprint density at radius 3 is 1.60 bits per heavy atom. The van der Waals surface area contributed by atoms with Gasteiger partial charge in [-0.1, -0.05) is 133 Å². The Morgan fingerprint density at radius 2 is 0.896 bits per heavy atom. The fraction of sp³-hybridized carbons (Fsp3) is 0. The fourth-order valence-corrected chi connectivity index (χ4v) is 9.51. The van der Waals surface area contributed by atoms with Crippen LogP contribution in [-0.2, 0) is 0 Å². The van der Waals surface area contributed by atoms with E-state index >= 15 is 0 Å². The Bertz CT molecular complexity index is 2780. The molecule has 3 aromatic heterocycles. The summed E-state index contributed by atoms with van der Waals surface area (Å²) in [5.74, 6) is 2.01. The topological polar surface area (TPSA) is 38.7 Å². The van der Waals surface area contributed by atoms with E-state index in [-0.39, 0.29) is 0 Å². The highest BCUT2D eigenvalue weighted by Gasteiger charge is 2.20. The fourth-order valence-electron chi connectivity index (χ4n) is 6.91. The largest absolute Gasteiger partial charge is 0.208 e. The summed E-state index contributed by atoms with van der Waals surface area (Å²) in [5, 5.41) is 7.67. The lowest BCUT2D eigenvalue weighted by Crippen LogP contribution is -2.00. The van der Waals surface area contributed by atoms with Crippen LogP contribution < -0.4 is 0 Å². The maximum absolute atomic E-state index is 5.09. The van der Waals surface area contributed by atoms with Gasteiger partial charge >= 0.3 is 0 Å². The second kappa shape index (κ2) is 10.9. The Morgan fingerprint density at radius 1 is 0.354 bits per heavy atom. The van der Waals surface area contributed by atoms with Crippen LogP contribution in [0.3, 0.4) is 0 Å². The Labute approximate surface area is 284 Å². The van der Waals surface area contributed by atoms with Crippen LogP contribution in [0.1, 0.15) is 0 Å². The third kappa shape index (κ3) is 4.29. The molecule has 224 valence electrons. The number of fused-ring (bicyclic) bond motifs is 8. The molecule has 10 aromatic rings. The lowest BCUT2D eigenvalue weighted by atomic mass is 9.94. The van der Waals surface area contributed by atoms with Crippen molar-refractivity contribution in [1.29, 1.82) is 0 Å². The number of nitrogens with zero attached hydrogens (tertiary/aromatic N) is 3. The number of benzene rings is 7. The zero-order valence-electron chi connectivity index (χ0n) is 25.6. The Kier molecular flexibility index (Phi) is 6.22. The van der Waals surface area contributed by atoms with Crippen LogP contribution in [0.2, 0.25) is 0 Å². The van der Waals surface area contributed by atoms with Gasteiger partial charge in [-0.15, -0.1) is 22.7 Å². The van der Waals surface area contributed by atoms with Crippen molar-refractivity contribution >= 4 is 73.8 Å². The molecule has 0 aliphatic rings. The first-order valence-electron chi connectivity index (χ1n) is 15.9. The van der Waals surface area contributed by atoms with Gasteiger partial charge in [-0.3, -0.25) is 0 Å². The van der Waals surface area contributed by atoms with Gasteiger partial charge < -0.3 is 0 Å². The van der Waals surface area contributed by atoms with Gasteiger partial charge in [0.15, 0.2) is 17.5 Å². The van der Waals surface area contributed by atoms with E-state index < -0.39 is 0 Å². The van der Waals surface area contributed by atoms with Crippen molar-refractivity contribution in [2.24, 2.45) is 0 Å². The summed E-state index contributed by atoms with van der Waals surface area (Å²) in [6.07, 6.45) is 0. The molecule has 0 N–H and O–H groups in total. The summed E-state index contributed by atoms with van der Waals surface area (Å²) in [6.45, 7) is 0. The molecule has 3 heterocycles. The van der Waals surface area contributed by atoms with E-state index in [0.717, 1.165) is 16.7 Å². The molecule has 0 radical (unpaired) electrons.